The number of piperidine rings is 1. The first-order chi connectivity index (χ1) is 16.5. The van der Waals surface area contributed by atoms with E-state index in [1.54, 1.807) is 0 Å². The van der Waals surface area contributed by atoms with Gasteiger partial charge in [0, 0.05) is 54.9 Å². The summed E-state index contributed by atoms with van der Waals surface area (Å²) >= 11 is 0. The maximum atomic E-state index is 12.3. The van der Waals surface area contributed by atoms with Gasteiger partial charge in [-0.25, -0.2) is 8.51 Å². The molecule has 180 valence electrons. The monoisotopic (exact) mass is 479 g/mol. The van der Waals surface area contributed by atoms with E-state index in [4.69, 9.17) is 5.73 Å². The SMILES string of the molecule is CCS(=O)N1CCC(c2c[nH]c3c(C(N)=O)cc(-c4cncc(CNCC5CC5)c4)cc23)CC1. The Morgan fingerprint density at radius 3 is 2.68 bits per heavy atom. The van der Waals surface area contributed by atoms with Crippen LogP contribution in [0.25, 0.3) is 22.0 Å². The molecule has 1 amide bonds. The number of nitrogens with zero attached hydrogens (tertiary/aromatic N) is 2. The van der Waals surface area contributed by atoms with Gasteiger partial charge in [0.25, 0.3) is 5.91 Å². The van der Waals surface area contributed by atoms with Crippen molar-refractivity contribution < 1.29 is 9.00 Å². The Morgan fingerprint density at radius 1 is 1.18 bits per heavy atom. The van der Waals surface area contributed by atoms with Gasteiger partial charge in [-0.2, -0.15) is 0 Å². The highest BCUT2D eigenvalue weighted by Gasteiger charge is 2.26. The van der Waals surface area contributed by atoms with Gasteiger partial charge < -0.3 is 16.0 Å². The molecular formula is C26H33N5O2S. The van der Waals surface area contributed by atoms with E-state index in [0.717, 1.165) is 72.5 Å². The molecule has 1 aromatic carbocycles. The van der Waals surface area contributed by atoms with Crippen molar-refractivity contribution in [1.29, 1.82) is 0 Å². The van der Waals surface area contributed by atoms with Crippen LogP contribution in [-0.2, 0) is 17.5 Å². The molecule has 7 nitrogen and oxygen atoms in total. The average Bonchev–Trinajstić information content (AvgIpc) is 3.59. The fraction of sp³-hybridized carbons (Fsp3) is 0.462. The topological polar surface area (TPSA) is 104 Å². The summed E-state index contributed by atoms with van der Waals surface area (Å²) in [7, 11) is -0.893. The second-order valence-electron chi connectivity index (χ2n) is 9.52. The number of carbonyl (C=O) groups is 1. The normalized spacial score (nSPS) is 18.4. The maximum Gasteiger partial charge on any atom is 0.250 e. The van der Waals surface area contributed by atoms with Crippen LogP contribution in [0.5, 0.6) is 0 Å². The molecule has 8 heteroatoms. The lowest BCUT2D eigenvalue weighted by Crippen LogP contribution is -2.35. The van der Waals surface area contributed by atoms with Crippen LogP contribution in [0.4, 0.5) is 0 Å². The van der Waals surface area contributed by atoms with Crippen molar-refractivity contribution in [3.05, 3.63) is 53.5 Å². The molecule has 1 saturated heterocycles. The number of primary amides is 1. The maximum absolute atomic E-state index is 12.3. The van der Waals surface area contributed by atoms with Gasteiger partial charge in [-0.3, -0.25) is 9.78 Å². The predicted octanol–water partition coefficient (Wildman–Crippen LogP) is 3.69. The molecule has 0 spiro atoms. The first-order valence-electron chi connectivity index (χ1n) is 12.3. The van der Waals surface area contributed by atoms with Gasteiger partial charge in [-0.1, -0.05) is 6.92 Å². The summed E-state index contributed by atoms with van der Waals surface area (Å²) in [6.07, 6.45) is 10.3. The molecule has 1 saturated carbocycles. The highest BCUT2D eigenvalue weighted by Crippen LogP contribution is 2.37. The van der Waals surface area contributed by atoms with E-state index in [0.29, 0.717) is 17.2 Å². The Labute approximate surface area is 203 Å². The van der Waals surface area contributed by atoms with Crippen LogP contribution in [0, 0.1) is 5.92 Å². The number of aromatic amines is 1. The number of amides is 1. The van der Waals surface area contributed by atoms with Crippen molar-refractivity contribution in [1.82, 2.24) is 19.6 Å². The van der Waals surface area contributed by atoms with Gasteiger partial charge in [-0.05, 0) is 79.0 Å². The first kappa shape index (κ1) is 23.2. The van der Waals surface area contributed by atoms with Crippen molar-refractivity contribution in [2.45, 2.75) is 45.1 Å². The second-order valence-corrected chi connectivity index (χ2v) is 11.3. The molecular weight excluding hydrogens is 446 g/mol. The standard InChI is InChI=1S/C26H33N5O2S/c1-2-34(33)31-7-5-19(6-8-31)24-16-30-25-22(24)10-20(11-23(25)26(27)32)21-9-18(14-29-15-21)13-28-12-17-3-4-17/h9-11,14-17,19,28,30H,2-8,12-13H2,1H3,(H2,27,32). The van der Waals surface area contributed by atoms with Crippen LogP contribution in [0.1, 0.15) is 60.0 Å². The molecule has 0 bridgehead atoms. The third-order valence-electron chi connectivity index (χ3n) is 7.10. The molecule has 4 N–H and O–H groups in total. The third-order valence-corrected chi connectivity index (χ3v) is 8.54. The van der Waals surface area contributed by atoms with E-state index in [2.05, 4.69) is 31.7 Å². The smallest absolute Gasteiger partial charge is 0.250 e. The molecule has 34 heavy (non-hydrogen) atoms. The van der Waals surface area contributed by atoms with Gasteiger partial charge in [0.2, 0.25) is 0 Å². The number of H-pyrrole nitrogens is 1. The lowest BCUT2D eigenvalue weighted by molar-refractivity contribution is 0.100. The van der Waals surface area contributed by atoms with E-state index in [1.807, 2.05) is 31.6 Å². The summed E-state index contributed by atoms with van der Waals surface area (Å²) in [5, 5.41) is 4.56. The molecule has 1 atom stereocenters. The van der Waals surface area contributed by atoms with E-state index >= 15 is 0 Å². The molecule has 0 radical (unpaired) electrons. The minimum atomic E-state index is -0.893. The minimum Gasteiger partial charge on any atom is -0.366 e. The summed E-state index contributed by atoms with van der Waals surface area (Å²) in [5.41, 5.74) is 11.3. The highest BCUT2D eigenvalue weighted by molar-refractivity contribution is 7.82. The van der Waals surface area contributed by atoms with E-state index < -0.39 is 16.9 Å². The van der Waals surface area contributed by atoms with Crippen LogP contribution in [0.3, 0.4) is 0 Å². The highest BCUT2D eigenvalue weighted by atomic mass is 32.2. The van der Waals surface area contributed by atoms with Crippen LogP contribution in [-0.4, -0.2) is 49.8 Å². The Morgan fingerprint density at radius 2 is 1.97 bits per heavy atom. The average molecular weight is 480 g/mol. The molecule has 1 aliphatic carbocycles. The largest absolute Gasteiger partial charge is 0.366 e. The Hall–Kier alpha value is -2.55. The summed E-state index contributed by atoms with van der Waals surface area (Å²) in [6, 6.07) is 6.17. The number of hydrogen-bond donors (Lipinski definition) is 3. The number of pyridine rings is 1. The Kier molecular flexibility index (Phi) is 6.81. The fourth-order valence-corrected chi connectivity index (χ4v) is 5.97. The molecule has 2 aromatic heterocycles. The van der Waals surface area contributed by atoms with Gasteiger partial charge in [0.15, 0.2) is 0 Å². The molecule has 2 fully saturated rings. The van der Waals surface area contributed by atoms with Gasteiger partial charge >= 0.3 is 0 Å². The molecule has 3 aromatic rings. The molecule has 5 rings (SSSR count). The van der Waals surface area contributed by atoms with Crippen molar-refractivity contribution >= 4 is 27.8 Å². The molecule has 1 aliphatic heterocycles. The van der Waals surface area contributed by atoms with Crippen LogP contribution in [0.15, 0.2) is 36.8 Å². The summed E-state index contributed by atoms with van der Waals surface area (Å²) in [4.78, 5) is 20.1. The van der Waals surface area contributed by atoms with Crippen molar-refractivity contribution in [3.8, 4) is 11.1 Å². The molecule has 2 aliphatic rings. The zero-order valence-electron chi connectivity index (χ0n) is 19.7. The summed E-state index contributed by atoms with van der Waals surface area (Å²) in [6.45, 7) is 5.44. The van der Waals surface area contributed by atoms with E-state index in [9.17, 15) is 9.00 Å². The number of rotatable bonds is 9. The number of hydrogen-bond acceptors (Lipinski definition) is 4. The first-order valence-corrected chi connectivity index (χ1v) is 13.5. The zero-order chi connectivity index (χ0) is 23.7. The minimum absolute atomic E-state index is 0.353. The Bertz CT molecular complexity index is 1210. The van der Waals surface area contributed by atoms with Gasteiger partial charge in [-0.15, -0.1) is 0 Å². The summed E-state index contributed by atoms with van der Waals surface area (Å²) < 4.78 is 14.3. The fourth-order valence-electron chi connectivity index (χ4n) is 4.99. The molecule has 1 unspecified atom stereocenters. The van der Waals surface area contributed by atoms with E-state index in [1.165, 1.54) is 18.4 Å². The lowest BCUT2D eigenvalue weighted by Gasteiger charge is -2.30. The lowest BCUT2D eigenvalue weighted by atomic mass is 9.88. The number of nitrogens with two attached hydrogens (primary N) is 1. The quantitative estimate of drug-likeness (QED) is 0.435. The number of carbonyl (C=O) groups excluding carboxylic acids is 1. The third kappa shape index (κ3) is 4.94. The summed E-state index contributed by atoms with van der Waals surface area (Å²) in [5.74, 6) is 1.40. The van der Waals surface area contributed by atoms with Crippen molar-refractivity contribution in [2.24, 2.45) is 11.7 Å². The number of nitrogens with one attached hydrogen (secondary N) is 2. The van der Waals surface area contributed by atoms with Gasteiger partial charge in [0.1, 0.15) is 0 Å². The van der Waals surface area contributed by atoms with Crippen LogP contribution < -0.4 is 11.1 Å². The second kappa shape index (κ2) is 9.98. The predicted molar refractivity (Wildman–Crippen MR) is 137 cm³/mol. The zero-order valence-corrected chi connectivity index (χ0v) is 20.5. The van der Waals surface area contributed by atoms with Crippen LogP contribution >= 0.6 is 0 Å². The molecule has 3 heterocycles. The number of aromatic nitrogens is 2. The Balaban J connectivity index is 1.44. The van der Waals surface area contributed by atoms with E-state index in [-0.39, 0.29) is 0 Å². The van der Waals surface area contributed by atoms with Crippen molar-refractivity contribution in [2.75, 3.05) is 25.4 Å². The number of benzene rings is 1. The number of fused-ring (bicyclic) bond motifs is 1. The van der Waals surface area contributed by atoms with Crippen molar-refractivity contribution in [3.63, 3.8) is 0 Å². The van der Waals surface area contributed by atoms with Crippen LogP contribution in [0.2, 0.25) is 0 Å². The van der Waals surface area contributed by atoms with Gasteiger partial charge in [0.05, 0.1) is 22.1 Å².